The highest BCUT2D eigenvalue weighted by atomic mass is 35.5. The minimum Gasteiger partial charge on any atom is -0.294 e. The highest BCUT2D eigenvalue weighted by molar-refractivity contribution is 6.31. The normalized spacial score (nSPS) is 10.8. The van der Waals surface area contributed by atoms with E-state index in [4.69, 9.17) is 11.6 Å². The van der Waals surface area contributed by atoms with Crippen molar-refractivity contribution in [3.63, 3.8) is 0 Å². The summed E-state index contributed by atoms with van der Waals surface area (Å²) in [6, 6.07) is 23.3. The van der Waals surface area contributed by atoms with E-state index in [-0.39, 0.29) is 24.4 Å². The Morgan fingerprint density at radius 2 is 1.14 bits per heavy atom. The molecule has 0 bridgehead atoms. The maximum atomic E-state index is 12.7. The van der Waals surface area contributed by atoms with Crippen LogP contribution in [-0.4, -0.2) is 21.5 Å². The molecule has 5 heteroatoms. The molecule has 4 rings (SSSR count). The SMILES string of the molecule is O=C(Cc1nc2ccc(Cl)cc2nc1CC(=O)c1ccccc1)c1ccccc1. The van der Waals surface area contributed by atoms with E-state index in [0.29, 0.717) is 38.6 Å². The van der Waals surface area contributed by atoms with Gasteiger partial charge >= 0.3 is 0 Å². The topological polar surface area (TPSA) is 59.9 Å². The van der Waals surface area contributed by atoms with Crippen molar-refractivity contribution in [2.75, 3.05) is 0 Å². The summed E-state index contributed by atoms with van der Waals surface area (Å²) in [7, 11) is 0. The van der Waals surface area contributed by atoms with E-state index < -0.39 is 0 Å². The average Bonchev–Trinajstić information content (AvgIpc) is 2.75. The summed E-state index contributed by atoms with van der Waals surface area (Å²) in [6.45, 7) is 0. The minimum absolute atomic E-state index is 0.0663. The molecule has 0 N–H and O–H groups in total. The van der Waals surface area contributed by atoms with Gasteiger partial charge in [-0.3, -0.25) is 9.59 Å². The Bertz CT molecular complexity index is 1190. The van der Waals surface area contributed by atoms with E-state index in [9.17, 15) is 9.59 Å². The molecule has 0 saturated heterocycles. The van der Waals surface area contributed by atoms with Gasteiger partial charge in [0.25, 0.3) is 0 Å². The van der Waals surface area contributed by atoms with Gasteiger partial charge in [-0.05, 0) is 18.2 Å². The van der Waals surface area contributed by atoms with Crippen LogP contribution in [0, 0.1) is 0 Å². The number of rotatable bonds is 6. The molecule has 4 nitrogen and oxygen atoms in total. The second-order valence-electron chi connectivity index (χ2n) is 6.68. The van der Waals surface area contributed by atoms with E-state index >= 15 is 0 Å². The number of Topliss-reactive ketones (excluding diaryl/α,β-unsaturated/α-hetero) is 2. The zero-order chi connectivity index (χ0) is 20.2. The minimum atomic E-state index is -0.0744. The monoisotopic (exact) mass is 400 g/mol. The second-order valence-corrected chi connectivity index (χ2v) is 7.12. The third-order valence-electron chi connectivity index (χ3n) is 4.63. The van der Waals surface area contributed by atoms with Crippen LogP contribution in [0.4, 0.5) is 0 Å². The smallest absolute Gasteiger partial charge is 0.168 e. The first kappa shape index (κ1) is 19.0. The van der Waals surface area contributed by atoms with Crippen LogP contribution in [0.1, 0.15) is 32.1 Å². The van der Waals surface area contributed by atoms with Gasteiger partial charge in [-0.15, -0.1) is 0 Å². The Hall–Kier alpha value is -3.37. The summed E-state index contributed by atoms with van der Waals surface area (Å²) >= 11 is 6.09. The molecule has 29 heavy (non-hydrogen) atoms. The third-order valence-corrected chi connectivity index (χ3v) is 4.86. The molecule has 0 aliphatic carbocycles. The van der Waals surface area contributed by atoms with Crippen molar-refractivity contribution in [3.8, 4) is 0 Å². The highest BCUT2D eigenvalue weighted by Crippen LogP contribution is 2.20. The van der Waals surface area contributed by atoms with E-state index in [1.807, 2.05) is 36.4 Å². The molecule has 0 radical (unpaired) electrons. The number of hydrogen-bond donors (Lipinski definition) is 0. The van der Waals surface area contributed by atoms with Crippen LogP contribution in [0.3, 0.4) is 0 Å². The summed E-state index contributed by atoms with van der Waals surface area (Å²) in [5.41, 5.74) is 3.45. The summed E-state index contributed by atoms with van der Waals surface area (Å²) in [5.74, 6) is -0.142. The Morgan fingerprint density at radius 3 is 1.66 bits per heavy atom. The van der Waals surface area contributed by atoms with Gasteiger partial charge in [0.15, 0.2) is 11.6 Å². The Kier molecular flexibility index (Phi) is 5.45. The second kappa shape index (κ2) is 8.33. The number of hydrogen-bond acceptors (Lipinski definition) is 4. The predicted octanol–water partition coefficient (Wildman–Crippen LogP) is 5.13. The van der Waals surface area contributed by atoms with Gasteiger partial charge in [0.1, 0.15) is 0 Å². The maximum Gasteiger partial charge on any atom is 0.168 e. The Labute approximate surface area is 173 Å². The summed E-state index contributed by atoms with van der Waals surface area (Å²) < 4.78 is 0. The van der Waals surface area contributed by atoms with Gasteiger partial charge in [0, 0.05) is 16.1 Å². The molecule has 0 aliphatic rings. The van der Waals surface area contributed by atoms with Crippen molar-refractivity contribution in [3.05, 3.63) is 106 Å². The number of ketones is 2. The van der Waals surface area contributed by atoms with Crippen LogP contribution in [-0.2, 0) is 12.8 Å². The first-order valence-corrected chi connectivity index (χ1v) is 9.59. The molecular weight excluding hydrogens is 384 g/mol. The van der Waals surface area contributed by atoms with Gasteiger partial charge in [-0.2, -0.15) is 0 Å². The van der Waals surface area contributed by atoms with Gasteiger partial charge in [-0.25, -0.2) is 9.97 Å². The van der Waals surface area contributed by atoms with Crippen LogP contribution in [0.2, 0.25) is 5.02 Å². The molecule has 142 valence electrons. The van der Waals surface area contributed by atoms with Crippen LogP contribution in [0.5, 0.6) is 0 Å². The zero-order valence-corrected chi connectivity index (χ0v) is 16.3. The molecule has 0 aliphatic heterocycles. The highest BCUT2D eigenvalue weighted by Gasteiger charge is 2.17. The van der Waals surface area contributed by atoms with E-state index in [2.05, 4.69) is 9.97 Å². The number of carbonyl (C=O) groups excluding carboxylic acids is 2. The molecule has 1 aromatic heterocycles. The molecule has 0 atom stereocenters. The number of halogens is 1. The lowest BCUT2D eigenvalue weighted by Crippen LogP contribution is -2.13. The standard InChI is InChI=1S/C24H17ClN2O2/c25-18-11-12-19-20(13-18)27-22(15-24(29)17-9-5-2-6-10-17)21(26-19)14-23(28)16-7-3-1-4-8-16/h1-13H,14-15H2. The van der Waals surface area contributed by atoms with Crippen molar-refractivity contribution in [1.82, 2.24) is 9.97 Å². The lowest BCUT2D eigenvalue weighted by atomic mass is 10.0. The van der Waals surface area contributed by atoms with Crippen LogP contribution in [0.15, 0.2) is 78.9 Å². The molecule has 0 fully saturated rings. The van der Waals surface area contributed by atoms with E-state index in [0.717, 1.165) is 0 Å². The quantitative estimate of drug-likeness (QED) is 0.421. The van der Waals surface area contributed by atoms with Crippen molar-refractivity contribution in [1.29, 1.82) is 0 Å². The fourth-order valence-corrected chi connectivity index (χ4v) is 3.31. The molecule has 0 amide bonds. The van der Waals surface area contributed by atoms with Crippen LogP contribution < -0.4 is 0 Å². The largest absolute Gasteiger partial charge is 0.294 e. The fraction of sp³-hybridized carbons (Fsp3) is 0.0833. The Morgan fingerprint density at radius 1 is 0.655 bits per heavy atom. The van der Waals surface area contributed by atoms with Crippen LogP contribution in [0.25, 0.3) is 11.0 Å². The van der Waals surface area contributed by atoms with Crippen molar-refractivity contribution >= 4 is 34.2 Å². The molecule has 1 heterocycles. The first-order valence-electron chi connectivity index (χ1n) is 9.22. The van der Waals surface area contributed by atoms with Crippen molar-refractivity contribution < 1.29 is 9.59 Å². The molecule has 3 aromatic carbocycles. The molecule has 0 saturated carbocycles. The Balaban J connectivity index is 1.72. The molecule has 0 unspecified atom stereocenters. The average molecular weight is 401 g/mol. The van der Waals surface area contributed by atoms with E-state index in [1.165, 1.54) is 0 Å². The fourth-order valence-electron chi connectivity index (χ4n) is 3.14. The molecule has 0 spiro atoms. The molecular formula is C24H17ClN2O2. The zero-order valence-electron chi connectivity index (χ0n) is 15.5. The lowest BCUT2D eigenvalue weighted by Gasteiger charge is -2.10. The van der Waals surface area contributed by atoms with Crippen molar-refractivity contribution in [2.24, 2.45) is 0 Å². The number of benzene rings is 3. The third kappa shape index (κ3) is 4.39. The lowest BCUT2D eigenvalue weighted by molar-refractivity contribution is 0.0977. The number of aromatic nitrogens is 2. The van der Waals surface area contributed by atoms with Gasteiger partial charge in [0.2, 0.25) is 0 Å². The summed E-state index contributed by atoms with van der Waals surface area (Å²) in [6.07, 6.45) is 0.143. The van der Waals surface area contributed by atoms with Crippen molar-refractivity contribution in [2.45, 2.75) is 12.8 Å². The van der Waals surface area contributed by atoms with Crippen LogP contribution >= 0.6 is 11.6 Å². The number of nitrogens with zero attached hydrogens (tertiary/aromatic N) is 2. The van der Waals surface area contributed by atoms with Gasteiger partial charge in [0.05, 0.1) is 35.3 Å². The van der Waals surface area contributed by atoms with E-state index in [1.54, 1.807) is 42.5 Å². The predicted molar refractivity (Wildman–Crippen MR) is 114 cm³/mol. The maximum absolute atomic E-state index is 12.7. The number of carbonyl (C=O) groups is 2. The summed E-state index contributed by atoms with van der Waals surface area (Å²) in [5, 5.41) is 0.542. The summed E-state index contributed by atoms with van der Waals surface area (Å²) in [4.78, 5) is 34.7. The van der Waals surface area contributed by atoms with Gasteiger partial charge in [-0.1, -0.05) is 72.3 Å². The molecule has 4 aromatic rings. The number of fused-ring (bicyclic) bond motifs is 1. The van der Waals surface area contributed by atoms with Gasteiger partial charge < -0.3 is 0 Å². The first-order chi connectivity index (χ1) is 14.1.